The van der Waals surface area contributed by atoms with Crippen molar-refractivity contribution >= 4 is 0 Å². The Morgan fingerprint density at radius 3 is 2.12 bits per heavy atom. The van der Waals surface area contributed by atoms with E-state index in [2.05, 4.69) is 13.8 Å². The van der Waals surface area contributed by atoms with E-state index in [0.717, 1.165) is 11.8 Å². The molecule has 0 aromatic heterocycles. The van der Waals surface area contributed by atoms with Gasteiger partial charge in [0.15, 0.2) is 5.79 Å². The van der Waals surface area contributed by atoms with Gasteiger partial charge in [0.25, 0.3) is 0 Å². The molecule has 2 fully saturated rings. The van der Waals surface area contributed by atoms with Gasteiger partial charge in [-0.1, -0.05) is 78.1 Å². The van der Waals surface area contributed by atoms with Crippen LogP contribution in [0.1, 0.15) is 110 Å². The van der Waals surface area contributed by atoms with Gasteiger partial charge in [0.05, 0.1) is 0 Å². The smallest absolute Gasteiger partial charge is 0.173 e. The second kappa shape index (κ2) is 11.7. The zero-order valence-electron chi connectivity index (χ0n) is 18.2. The van der Waals surface area contributed by atoms with Crippen molar-refractivity contribution in [2.45, 2.75) is 116 Å². The van der Waals surface area contributed by atoms with Gasteiger partial charge in [-0.15, -0.1) is 0 Å². The van der Waals surface area contributed by atoms with Crippen molar-refractivity contribution in [3.63, 3.8) is 0 Å². The zero-order chi connectivity index (χ0) is 18.8. The Hall–Kier alpha value is -0.0800. The van der Waals surface area contributed by atoms with E-state index >= 15 is 0 Å². The molecule has 0 heterocycles. The third-order valence-corrected chi connectivity index (χ3v) is 7.49. The Balaban J connectivity index is 2.06. The zero-order valence-corrected chi connectivity index (χ0v) is 18.2. The summed E-state index contributed by atoms with van der Waals surface area (Å²) in [6.07, 6.45) is 20.4. The molecule has 26 heavy (non-hydrogen) atoms. The number of methoxy groups -OCH3 is 2. The molecule has 0 saturated heterocycles. The van der Waals surface area contributed by atoms with E-state index in [-0.39, 0.29) is 5.79 Å². The van der Waals surface area contributed by atoms with Crippen LogP contribution in [0.3, 0.4) is 0 Å². The lowest BCUT2D eigenvalue weighted by Gasteiger charge is -2.48. The Bertz CT molecular complexity index is 357. The van der Waals surface area contributed by atoms with E-state index in [1.807, 2.05) is 14.2 Å². The second-order valence-electron chi connectivity index (χ2n) is 9.31. The normalized spacial score (nSPS) is 26.3. The summed E-state index contributed by atoms with van der Waals surface area (Å²) >= 11 is 0. The maximum Gasteiger partial charge on any atom is 0.173 e. The van der Waals surface area contributed by atoms with Crippen LogP contribution in [0.5, 0.6) is 0 Å². The highest BCUT2D eigenvalue weighted by Crippen LogP contribution is 2.49. The fraction of sp³-hybridized carbons (Fsp3) is 1.00. The summed E-state index contributed by atoms with van der Waals surface area (Å²) in [5.74, 6) is 2.50. The van der Waals surface area contributed by atoms with Crippen LogP contribution in [0.25, 0.3) is 0 Å². The van der Waals surface area contributed by atoms with Crippen molar-refractivity contribution < 1.29 is 9.47 Å². The molecule has 3 atom stereocenters. The predicted octanol–water partition coefficient (Wildman–Crippen LogP) is 7.36. The van der Waals surface area contributed by atoms with Crippen LogP contribution in [-0.2, 0) is 9.47 Å². The molecule has 2 aliphatic rings. The van der Waals surface area contributed by atoms with E-state index < -0.39 is 0 Å². The SMILES string of the molecule is CCCCCCCCC(C1CCCC(C)C1)C(OC)(OC)C1CCCC1. The van der Waals surface area contributed by atoms with E-state index in [4.69, 9.17) is 9.47 Å². The van der Waals surface area contributed by atoms with Gasteiger partial charge < -0.3 is 9.47 Å². The summed E-state index contributed by atoms with van der Waals surface area (Å²) in [5.41, 5.74) is 0. The van der Waals surface area contributed by atoms with Gasteiger partial charge in [0.1, 0.15) is 0 Å². The molecule has 0 bridgehead atoms. The standard InChI is InChI=1S/C24H46O2/c1-5-6-7-8-9-10-18-23(21-15-13-14-20(2)19-21)24(25-3,26-4)22-16-11-12-17-22/h20-23H,5-19H2,1-4H3. The predicted molar refractivity (Wildman–Crippen MR) is 111 cm³/mol. The highest BCUT2D eigenvalue weighted by atomic mass is 16.7. The summed E-state index contributed by atoms with van der Waals surface area (Å²) in [6, 6.07) is 0. The van der Waals surface area contributed by atoms with Gasteiger partial charge >= 0.3 is 0 Å². The topological polar surface area (TPSA) is 18.5 Å². The van der Waals surface area contributed by atoms with Crippen LogP contribution in [0.4, 0.5) is 0 Å². The van der Waals surface area contributed by atoms with E-state index in [9.17, 15) is 0 Å². The van der Waals surface area contributed by atoms with Crippen LogP contribution < -0.4 is 0 Å². The second-order valence-corrected chi connectivity index (χ2v) is 9.31. The van der Waals surface area contributed by atoms with Crippen molar-refractivity contribution in [1.29, 1.82) is 0 Å². The van der Waals surface area contributed by atoms with Crippen molar-refractivity contribution in [3.05, 3.63) is 0 Å². The molecular weight excluding hydrogens is 320 g/mol. The van der Waals surface area contributed by atoms with Gasteiger partial charge in [0, 0.05) is 26.1 Å². The lowest BCUT2D eigenvalue weighted by Crippen LogP contribution is -2.51. The lowest BCUT2D eigenvalue weighted by atomic mass is 9.68. The summed E-state index contributed by atoms with van der Waals surface area (Å²) < 4.78 is 12.6. The Kier molecular flexibility index (Phi) is 9.99. The quantitative estimate of drug-likeness (QED) is 0.265. The first-order chi connectivity index (χ1) is 12.7. The molecule has 0 amide bonds. The summed E-state index contributed by atoms with van der Waals surface area (Å²) in [6.45, 7) is 4.75. The summed E-state index contributed by atoms with van der Waals surface area (Å²) in [4.78, 5) is 0. The largest absolute Gasteiger partial charge is 0.353 e. The van der Waals surface area contributed by atoms with E-state index in [1.165, 1.54) is 96.3 Å². The molecular formula is C24H46O2. The Morgan fingerprint density at radius 1 is 0.846 bits per heavy atom. The van der Waals surface area contributed by atoms with Crippen LogP contribution in [0, 0.1) is 23.7 Å². The number of hydrogen-bond acceptors (Lipinski definition) is 2. The molecule has 2 saturated carbocycles. The summed E-state index contributed by atoms with van der Waals surface area (Å²) in [7, 11) is 3.84. The molecule has 2 nitrogen and oxygen atoms in total. The van der Waals surface area contributed by atoms with Crippen LogP contribution in [0.2, 0.25) is 0 Å². The molecule has 0 aromatic carbocycles. The molecule has 0 aliphatic heterocycles. The Labute approximate surface area is 163 Å². The third kappa shape index (κ3) is 5.71. The molecule has 3 unspecified atom stereocenters. The highest BCUT2D eigenvalue weighted by molar-refractivity contribution is 4.93. The first kappa shape index (κ1) is 22.2. The molecule has 2 rings (SSSR count). The summed E-state index contributed by atoms with van der Waals surface area (Å²) in [5, 5.41) is 0. The molecule has 2 aliphatic carbocycles. The van der Waals surface area contributed by atoms with Crippen molar-refractivity contribution in [2.24, 2.45) is 23.7 Å². The van der Waals surface area contributed by atoms with Crippen LogP contribution in [-0.4, -0.2) is 20.0 Å². The van der Waals surface area contributed by atoms with Gasteiger partial charge in [0.2, 0.25) is 0 Å². The third-order valence-electron chi connectivity index (χ3n) is 7.49. The fourth-order valence-electron chi connectivity index (χ4n) is 6.11. The lowest BCUT2D eigenvalue weighted by molar-refractivity contribution is -0.283. The number of rotatable bonds is 12. The first-order valence-corrected chi connectivity index (χ1v) is 11.8. The number of ether oxygens (including phenoxy) is 2. The van der Waals surface area contributed by atoms with Crippen molar-refractivity contribution in [3.8, 4) is 0 Å². The van der Waals surface area contributed by atoms with Gasteiger partial charge in [-0.05, 0) is 43.9 Å². The maximum atomic E-state index is 6.30. The monoisotopic (exact) mass is 366 g/mol. The van der Waals surface area contributed by atoms with Crippen LogP contribution in [0.15, 0.2) is 0 Å². The average molecular weight is 367 g/mol. The minimum absolute atomic E-state index is 0.332. The minimum atomic E-state index is -0.332. The van der Waals surface area contributed by atoms with Gasteiger partial charge in [-0.3, -0.25) is 0 Å². The van der Waals surface area contributed by atoms with Gasteiger partial charge in [-0.25, -0.2) is 0 Å². The van der Waals surface area contributed by atoms with Gasteiger partial charge in [-0.2, -0.15) is 0 Å². The number of unbranched alkanes of at least 4 members (excludes halogenated alkanes) is 5. The molecule has 154 valence electrons. The number of hydrogen-bond donors (Lipinski definition) is 0. The molecule has 0 radical (unpaired) electrons. The average Bonchev–Trinajstić information content (AvgIpc) is 3.19. The molecule has 2 heteroatoms. The molecule has 0 spiro atoms. The van der Waals surface area contributed by atoms with E-state index in [0.29, 0.717) is 11.8 Å². The minimum Gasteiger partial charge on any atom is -0.353 e. The Morgan fingerprint density at radius 2 is 1.50 bits per heavy atom. The van der Waals surface area contributed by atoms with E-state index in [1.54, 1.807) is 0 Å². The van der Waals surface area contributed by atoms with Crippen molar-refractivity contribution in [2.75, 3.05) is 14.2 Å². The van der Waals surface area contributed by atoms with Crippen LogP contribution >= 0.6 is 0 Å². The molecule has 0 aromatic rings. The highest BCUT2D eigenvalue weighted by Gasteiger charge is 2.50. The van der Waals surface area contributed by atoms with Crippen molar-refractivity contribution in [1.82, 2.24) is 0 Å². The maximum absolute atomic E-state index is 6.30. The molecule has 0 N–H and O–H groups in total. The first-order valence-electron chi connectivity index (χ1n) is 11.8. The fourth-order valence-corrected chi connectivity index (χ4v) is 6.11.